The Bertz CT molecular complexity index is 963. The molecule has 27 heavy (non-hydrogen) atoms. The standard InChI is InChI=1S/C16H14Br2N6O3/c1-9-3-13(25)16-23(20-8-24(16)22-9)7-14(26)21-19-6-10-4-11(17)5-12(18)15(10)27-2/h3-6,8,22H,7H2,1-2H3/p+2. The quantitative estimate of drug-likeness (QED) is 0.253. The molecule has 140 valence electrons. The summed E-state index contributed by atoms with van der Waals surface area (Å²) in [7, 11) is 1.55. The number of aliphatic hydroxyl groups is 1. The summed E-state index contributed by atoms with van der Waals surface area (Å²) in [5.74, 6) is 0.536. The van der Waals surface area contributed by atoms with Crippen molar-refractivity contribution in [2.24, 2.45) is 5.11 Å². The van der Waals surface area contributed by atoms with Crippen LogP contribution in [-0.2, 0) is 4.79 Å². The van der Waals surface area contributed by atoms with Crippen LogP contribution in [0, 0.1) is 0 Å². The first-order valence-electron chi connectivity index (χ1n) is 7.73. The minimum absolute atomic E-state index is 0.0347. The van der Waals surface area contributed by atoms with Gasteiger partial charge < -0.3 is 9.84 Å². The molecular weight excluding hydrogens is 484 g/mol. The van der Waals surface area contributed by atoms with Crippen molar-refractivity contribution in [1.29, 1.82) is 0 Å². The maximum Gasteiger partial charge on any atom is 0.363 e. The lowest BCUT2D eigenvalue weighted by Gasteiger charge is -2.16. The van der Waals surface area contributed by atoms with Crippen LogP contribution in [-0.4, -0.2) is 51.7 Å². The van der Waals surface area contributed by atoms with E-state index >= 15 is 0 Å². The molecule has 1 aromatic rings. The molecule has 0 bridgehead atoms. The summed E-state index contributed by atoms with van der Waals surface area (Å²) in [5.41, 5.74) is 7.33. The second kappa shape index (κ2) is 7.95. The fourth-order valence-electron chi connectivity index (χ4n) is 2.55. The Kier molecular flexibility index (Phi) is 5.64. The highest BCUT2D eigenvalue weighted by Gasteiger charge is 2.36. The van der Waals surface area contributed by atoms with Gasteiger partial charge in [-0.2, -0.15) is 5.43 Å². The zero-order valence-corrected chi connectivity index (χ0v) is 17.6. The van der Waals surface area contributed by atoms with Crippen molar-refractivity contribution in [2.75, 3.05) is 13.7 Å². The van der Waals surface area contributed by atoms with Gasteiger partial charge >= 0.3 is 17.9 Å². The monoisotopic (exact) mass is 498 g/mol. The van der Waals surface area contributed by atoms with E-state index in [1.54, 1.807) is 30.3 Å². The maximum absolute atomic E-state index is 12.1. The molecule has 0 spiro atoms. The van der Waals surface area contributed by atoms with Crippen LogP contribution in [0.25, 0.3) is 0 Å². The summed E-state index contributed by atoms with van der Waals surface area (Å²) in [6, 6.07) is 3.64. The molecule has 2 aliphatic rings. The zero-order valence-electron chi connectivity index (χ0n) is 14.4. The molecular formula is C16H16Br2N6O3+2. The number of fused-ring (bicyclic) bond motifs is 1. The number of halogens is 2. The van der Waals surface area contributed by atoms with Crippen molar-refractivity contribution < 1.29 is 24.1 Å². The van der Waals surface area contributed by atoms with E-state index in [1.165, 1.54) is 11.2 Å². The van der Waals surface area contributed by atoms with Gasteiger partial charge in [0.1, 0.15) is 11.3 Å². The number of benzene rings is 1. The Morgan fingerprint density at radius 1 is 1.48 bits per heavy atom. The van der Waals surface area contributed by atoms with Gasteiger partial charge in [-0.15, -0.1) is 9.69 Å². The summed E-state index contributed by atoms with van der Waals surface area (Å²) >= 11 is 6.79. The Labute approximate surface area is 171 Å². The van der Waals surface area contributed by atoms with E-state index in [0.717, 1.165) is 14.6 Å². The van der Waals surface area contributed by atoms with Crippen molar-refractivity contribution in [3.05, 3.63) is 50.0 Å². The van der Waals surface area contributed by atoms with Crippen molar-refractivity contribution in [1.82, 2.24) is 15.9 Å². The van der Waals surface area contributed by atoms with E-state index in [0.29, 0.717) is 17.1 Å². The van der Waals surface area contributed by atoms with Gasteiger partial charge in [0.2, 0.25) is 6.34 Å². The first kappa shape index (κ1) is 19.2. The SMILES string of the molecule is COc1c(Br)cc(Br)cc1C=[N+]=NC(=O)CN1NC=[N+]2NC(C)=CC(O)=C12. The minimum atomic E-state index is -0.492. The minimum Gasteiger partial charge on any atom is -0.502 e. The number of hydrogen-bond acceptors (Lipinski definition) is 6. The van der Waals surface area contributed by atoms with E-state index in [9.17, 15) is 9.90 Å². The first-order valence-corrected chi connectivity index (χ1v) is 9.32. The summed E-state index contributed by atoms with van der Waals surface area (Å²) in [6.07, 6.45) is 4.59. The van der Waals surface area contributed by atoms with Crippen molar-refractivity contribution in [3.63, 3.8) is 0 Å². The van der Waals surface area contributed by atoms with Crippen molar-refractivity contribution >= 4 is 50.3 Å². The lowest BCUT2D eigenvalue weighted by atomic mass is 10.2. The van der Waals surface area contributed by atoms with Gasteiger partial charge in [0.25, 0.3) is 0 Å². The Balaban J connectivity index is 1.74. The number of methoxy groups -OCH3 is 1. The number of ether oxygens (including phenoxy) is 1. The Morgan fingerprint density at radius 2 is 2.26 bits per heavy atom. The molecule has 1 aromatic carbocycles. The summed E-state index contributed by atoms with van der Waals surface area (Å²) in [4.78, 5) is 16.0. The molecule has 3 rings (SSSR count). The van der Waals surface area contributed by atoms with Gasteiger partial charge in [0, 0.05) is 16.2 Å². The zero-order chi connectivity index (χ0) is 19.6. The molecule has 0 saturated heterocycles. The largest absolute Gasteiger partial charge is 0.502 e. The van der Waals surface area contributed by atoms with E-state index in [-0.39, 0.29) is 12.3 Å². The number of hydrazone groups is 1. The van der Waals surface area contributed by atoms with Gasteiger partial charge in [0.05, 0.1) is 16.4 Å². The highest BCUT2D eigenvalue weighted by molar-refractivity contribution is 9.11. The van der Waals surface area contributed by atoms with Crippen molar-refractivity contribution in [3.8, 4) is 5.75 Å². The third kappa shape index (κ3) is 4.21. The number of amides is 1. The lowest BCUT2D eigenvalue weighted by Crippen LogP contribution is -2.38. The molecule has 0 aromatic heterocycles. The van der Waals surface area contributed by atoms with E-state index in [1.807, 2.05) is 13.0 Å². The number of hydrazine groups is 2. The summed E-state index contributed by atoms with van der Waals surface area (Å²) in [6.45, 7) is 1.70. The normalized spacial score (nSPS) is 15.0. The predicted molar refractivity (Wildman–Crippen MR) is 104 cm³/mol. The first-order chi connectivity index (χ1) is 12.9. The molecule has 9 nitrogen and oxygen atoms in total. The van der Waals surface area contributed by atoms with Gasteiger partial charge in [-0.25, -0.2) is 5.43 Å². The van der Waals surface area contributed by atoms with Gasteiger partial charge in [-0.1, -0.05) is 15.9 Å². The number of allylic oxidation sites excluding steroid dienone is 2. The number of rotatable bonds is 4. The summed E-state index contributed by atoms with van der Waals surface area (Å²) < 4.78 is 8.47. The Morgan fingerprint density at radius 3 is 3.00 bits per heavy atom. The molecule has 0 unspecified atom stereocenters. The van der Waals surface area contributed by atoms with Crippen LogP contribution in [0.15, 0.2) is 49.5 Å². The molecule has 0 saturated carbocycles. The molecule has 0 radical (unpaired) electrons. The van der Waals surface area contributed by atoms with E-state index in [4.69, 9.17) is 4.74 Å². The molecule has 0 atom stereocenters. The van der Waals surface area contributed by atoms with Crippen LogP contribution in [0.3, 0.4) is 0 Å². The van der Waals surface area contributed by atoms with Crippen LogP contribution in [0.5, 0.6) is 5.75 Å². The third-order valence-electron chi connectivity index (χ3n) is 3.61. The Hall–Kier alpha value is -2.62. The topological polar surface area (TPSA) is 103 Å². The molecule has 1 amide bonds. The molecule has 2 aliphatic heterocycles. The highest BCUT2D eigenvalue weighted by atomic mass is 79.9. The number of nitrogens with one attached hydrogen (secondary N) is 2. The number of carbonyl (C=O) groups excluding carboxylic acids is 1. The smallest absolute Gasteiger partial charge is 0.363 e. The molecule has 2 heterocycles. The van der Waals surface area contributed by atoms with E-state index < -0.39 is 5.91 Å². The summed E-state index contributed by atoms with van der Waals surface area (Å²) in [5, 5.41) is 15.2. The molecule has 11 heteroatoms. The fraction of sp³-hybridized carbons (Fsp3) is 0.188. The van der Waals surface area contributed by atoms with E-state index in [2.05, 4.69) is 52.6 Å². The second-order valence-electron chi connectivity index (χ2n) is 5.61. The number of carbonyl (C=O) groups is 1. The highest BCUT2D eigenvalue weighted by Crippen LogP contribution is 2.31. The number of hydrogen-bond donors (Lipinski definition) is 3. The van der Waals surface area contributed by atoms with Gasteiger partial charge in [-0.3, -0.25) is 4.79 Å². The number of nitrogens with zero attached hydrogens (tertiary/aromatic N) is 4. The average Bonchev–Trinajstić information content (AvgIpc) is 2.97. The van der Waals surface area contributed by atoms with Crippen LogP contribution in [0.1, 0.15) is 12.5 Å². The van der Waals surface area contributed by atoms with Crippen LogP contribution < -0.4 is 15.6 Å². The third-order valence-corrected chi connectivity index (χ3v) is 4.65. The van der Waals surface area contributed by atoms with Crippen LogP contribution in [0.4, 0.5) is 0 Å². The predicted octanol–water partition coefficient (Wildman–Crippen LogP) is 1.84. The maximum atomic E-state index is 12.1. The number of aliphatic hydroxyl groups excluding tert-OH is 1. The fourth-order valence-corrected chi connectivity index (χ4v) is 3.97. The second-order valence-corrected chi connectivity index (χ2v) is 7.38. The van der Waals surface area contributed by atoms with Crippen LogP contribution >= 0.6 is 31.9 Å². The lowest BCUT2D eigenvalue weighted by molar-refractivity contribution is -0.537. The van der Waals surface area contributed by atoms with Gasteiger partial charge in [-0.05, 0) is 35.0 Å². The molecule has 3 N–H and O–H groups in total. The van der Waals surface area contributed by atoms with Crippen molar-refractivity contribution in [2.45, 2.75) is 6.92 Å². The van der Waals surface area contributed by atoms with Gasteiger partial charge in [0.15, 0.2) is 17.4 Å². The average molecular weight is 500 g/mol. The van der Waals surface area contributed by atoms with Crippen LogP contribution in [0.2, 0.25) is 0 Å². The molecule has 0 fully saturated rings. The molecule has 0 aliphatic carbocycles.